The number of carbonyl (C=O) groups is 1. The standard InChI is InChI=1S/C19H30N2O3S/c1-3-4-14-20(2)19(22)13-10-17-8-11-18(12-9-17)25(23,24)21-15-6-5-7-16-21/h8-9,11-12H,3-7,10,13-16H2,1-2H3. The summed E-state index contributed by atoms with van der Waals surface area (Å²) in [6.45, 7) is 4.13. The number of benzene rings is 1. The zero-order valence-electron chi connectivity index (χ0n) is 15.4. The van der Waals surface area contributed by atoms with Gasteiger partial charge in [-0.3, -0.25) is 4.79 Å². The van der Waals surface area contributed by atoms with Gasteiger partial charge in [-0.1, -0.05) is 31.9 Å². The fourth-order valence-electron chi connectivity index (χ4n) is 3.04. The van der Waals surface area contributed by atoms with Crippen LogP contribution in [0.25, 0.3) is 0 Å². The maximum absolute atomic E-state index is 12.6. The van der Waals surface area contributed by atoms with Crippen LogP contribution in [0.5, 0.6) is 0 Å². The largest absolute Gasteiger partial charge is 0.346 e. The molecular formula is C19H30N2O3S. The van der Waals surface area contributed by atoms with Crippen molar-refractivity contribution < 1.29 is 13.2 Å². The Morgan fingerprint density at radius 2 is 1.76 bits per heavy atom. The highest BCUT2D eigenvalue weighted by atomic mass is 32.2. The van der Waals surface area contributed by atoms with Crippen molar-refractivity contribution in [2.45, 2.75) is 56.8 Å². The average Bonchev–Trinajstić information content (AvgIpc) is 2.65. The molecule has 140 valence electrons. The molecule has 1 aromatic rings. The van der Waals surface area contributed by atoms with E-state index in [0.29, 0.717) is 30.8 Å². The van der Waals surface area contributed by atoms with Gasteiger partial charge >= 0.3 is 0 Å². The molecule has 0 saturated carbocycles. The third-order valence-electron chi connectivity index (χ3n) is 4.78. The Kier molecular flexibility index (Phi) is 7.44. The number of carbonyl (C=O) groups excluding carboxylic acids is 1. The molecule has 1 fully saturated rings. The summed E-state index contributed by atoms with van der Waals surface area (Å²) in [5.74, 6) is 0.137. The molecule has 0 aromatic heterocycles. The van der Waals surface area contributed by atoms with Crippen molar-refractivity contribution in [1.29, 1.82) is 0 Å². The summed E-state index contributed by atoms with van der Waals surface area (Å²) in [6, 6.07) is 7.00. The lowest BCUT2D eigenvalue weighted by atomic mass is 10.1. The van der Waals surface area contributed by atoms with Gasteiger partial charge in [0.05, 0.1) is 4.90 Å². The second kappa shape index (κ2) is 9.34. The summed E-state index contributed by atoms with van der Waals surface area (Å²) >= 11 is 0. The van der Waals surface area contributed by atoms with Gasteiger partial charge in [0.1, 0.15) is 0 Å². The first-order chi connectivity index (χ1) is 11.9. The minimum absolute atomic E-state index is 0.137. The number of nitrogens with zero attached hydrogens (tertiary/aromatic N) is 2. The minimum Gasteiger partial charge on any atom is -0.346 e. The Morgan fingerprint density at radius 1 is 1.12 bits per heavy atom. The van der Waals surface area contributed by atoms with Crippen molar-refractivity contribution in [3.63, 3.8) is 0 Å². The maximum Gasteiger partial charge on any atom is 0.243 e. The Balaban J connectivity index is 1.92. The second-order valence-electron chi connectivity index (χ2n) is 6.78. The van der Waals surface area contributed by atoms with Gasteiger partial charge in [-0.15, -0.1) is 0 Å². The molecule has 2 rings (SSSR count). The Hall–Kier alpha value is -1.40. The van der Waals surface area contributed by atoms with Crippen LogP contribution in [0.1, 0.15) is 51.0 Å². The fraction of sp³-hybridized carbons (Fsp3) is 0.632. The van der Waals surface area contributed by atoms with Crippen molar-refractivity contribution in [2.75, 3.05) is 26.7 Å². The van der Waals surface area contributed by atoms with E-state index in [1.165, 1.54) is 0 Å². The number of amides is 1. The molecule has 1 aromatic carbocycles. The maximum atomic E-state index is 12.6. The van der Waals surface area contributed by atoms with Gasteiger partial charge in [-0.25, -0.2) is 8.42 Å². The van der Waals surface area contributed by atoms with Crippen LogP contribution in [-0.2, 0) is 21.2 Å². The SMILES string of the molecule is CCCCN(C)C(=O)CCc1ccc(S(=O)(=O)N2CCCCC2)cc1. The summed E-state index contributed by atoms with van der Waals surface area (Å²) in [5, 5.41) is 0. The predicted octanol–water partition coefficient (Wildman–Crippen LogP) is 3.05. The van der Waals surface area contributed by atoms with E-state index in [2.05, 4.69) is 6.92 Å². The Labute approximate surface area is 152 Å². The molecule has 5 nitrogen and oxygen atoms in total. The van der Waals surface area contributed by atoms with E-state index in [1.807, 2.05) is 19.2 Å². The third-order valence-corrected chi connectivity index (χ3v) is 6.69. The van der Waals surface area contributed by atoms with E-state index < -0.39 is 10.0 Å². The summed E-state index contributed by atoms with van der Waals surface area (Å²) in [6.07, 6.45) is 6.16. The van der Waals surface area contributed by atoms with Crippen LogP contribution in [-0.4, -0.2) is 50.2 Å². The van der Waals surface area contributed by atoms with Crippen molar-refractivity contribution >= 4 is 15.9 Å². The molecule has 1 heterocycles. The lowest BCUT2D eigenvalue weighted by Gasteiger charge is -2.25. The number of piperidine rings is 1. The lowest BCUT2D eigenvalue weighted by Crippen LogP contribution is -2.35. The van der Waals surface area contributed by atoms with Gasteiger partial charge in [0.25, 0.3) is 0 Å². The van der Waals surface area contributed by atoms with E-state index in [1.54, 1.807) is 21.3 Å². The van der Waals surface area contributed by atoms with Gasteiger partial charge in [0.2, 0.25) is 15.9 Å². The van der Waals surface area contributed by atoms with Crippen LogP contribution in [0, 0.1) is 0 Å². The number of sulfonamides is 1. The Morgan fingerprint density at radius 3 is 2.36 bits per heavy atom. The second-order valence-corrected chi connectivity index (χ2v) is 8.72. The summed E-state index contributed by atoms with van der Waals surface area (Å²) in [7, 11) is -1.54. The van der Waals surface area contributed by atoms with Crippen LogP contribution in [0.4, 0.5) is 0 Å². The summed E-state index contributed by atoms with van der Waals surface area (Å²) < 4.78 is 26.8. The van der Waals surface area contributed by atoms with E-state index in [4.69, 9.17) is 0 Å². The van der Waals surface area contributed by atoms with Gasteiger partial charge in [-0.05, 0) is 43.4 Å². The first-order valence-corrected chi connectivity index (χ1v) is 10.7. The van der Waals surface area contributed by atoms with Crippen LogP contribution in [0.15, 0.2) is 29.2 Å². The van der Waals surface area contributed by atoms with Crippen molar-refractivity contribution in [3.05, 3.63) is 29.8 Å². The number of hydrogen-bond acceptors (Lipinski definition) is 3. The third kappa shape index (κ3) is 5.54. The number of hydrogen-bond donors (Lipinski definition) is 0. The smallest absolute Gasteiger partial charge is 0.243 e. The van der Waals surface area contributed by atoms with Gasteiger partial charge in [0, 0.05) is 33.1 Å². The van der Waals surface area contributed by atoms with Crippen molar-refractivity contribution in [1.82, 2.24) is 9.21 Å². The quantitative estimate of drug-likeness (QED) is 0.710. The van der Waals surface area contributed by atoms with E-state index >= 15 is 0 Å². The van der Waals surface area contributed by atoms with Crippen molar-refractivity contribution in [3.8, 4) is 0 Å². The lowest BCUT2D eigenvalue weighted by molar-refractivity contribution is -0.129. The molecule has 6 heteroatoms. The molecule has 25 heavy (non-hydrogen) atoms. The summed E-state index contributed by atoms with van der Waals surface area (Å²) in [4.78, 5) is 14.2. The van der Waals surface area contributed by atoms with Gasteiger partial charge in [0.15, 0.2) is 0 Å². The topological polar surface area (TPSA) is 57.7 Å². The highest BCUT2D eigenvalue weighted by Crippen LogP contribution is 2.21. The van der Waals surface area contributed by atoms with Gasteiger partial charge in [-0.2, -0.15) is 4.31 Å². The molecule has 1 aliphatic heterocycles. The van der Waals surface area contributed by atoms with Crippen molar-refractivity contribution in [2.24, 2.45) is 0 Å². The Bertz CT molecular complexity index is 650. The highest BCUT2D eigenvalue weighted by Gasteiger charge is 2.25. The van der Waals surface area contributed by atoms with Gasteiger partial charge < -0.3 is 4.90 Å². The predicted molar refractivity (Wildman–Crippen MR) is 99.9 cm³/mol. The first-order valence-electron chi connectivity index (χ1n) is 9.28. The zero-order chi connectivity index (χ0) is 18.3. The van der Waals surface area contributed by atoms with Crippen LogP contribution in [0.3, 0.4) is 0 Å². The molecule has 0 spiro atoms. The van der Waals surface area contributed by atoms with E-state index in [0.717, 1.165) is 44.2 Å². The monoisotopic (exact) mass is 366 g/mol. The zero-order valence-corrected chi connectivity index (χ0v) is 16.2. The highest BCUT2D eigenvalue weighted by molar-refractivity contribution is 7.89. The fourth-order valence-corrected chi connectivity index (χ4v) is 4.56. The van der Waals surface area contributed by atoms with Crippen LogP contribution in [0.2, 0.25) is 0 Å². The molecule has 0 unspecified atom stereocenters. The molecule has 0 atom stereocenters. The molecule has 1 saturated heterocycles. The molecule has 1 amide bonds. The molecular weight excluding hydrogens is 336 g/mol. The molecule has 1 aliphatic rings. The first kappa shape index (κ1) is 19.9. The number of unbranched alkanes of at least 4 members (excludes halogenated alkanes) is 1. The van der Waals surface area contributed by atoms with E-state index in [9.17, 15) is 13.2 Å². The van der Waals surface area contributed by atoms with Crippen LogP contribution >= 0.6 is 0 Å². The number of aryl methyl sites for hydroxylation is 1. The molecule has 0 bridgehead atoms. The molecule has 0 N–H and O–H groups in total. The summed E-state index contributed by atoms with van der Waals surface area (Å²) in [5.41, 5.74) is 0.995. The number of rotatable bonds is 8. The normalized spacial score (nSPS) is 15.9. The van der Waals surface area contributed by atoms with Crippen LogP contribution < -0.4 is 0 Å². The molecule has 0 aliphatic carbocycles. The molecule has 0 radical (unpaired) electrons. The van der Waals surface area contributed by atoms with E-state index in [-0.39, 0.29) is 5.91 Å². The average molecular weight is 367 g/mol. The minimum atomic E-state index is -3.38.